The van der Waals surface area contributed by atoms with Gasteiger partial charge in [-0.05, 0) is 35.7 Å². The summed E-state index contributed by atoms with van der Waals surface area (Å²) in [5.41, 5.74) is 7.50. The molecular formula is C27H26N2O2. The van der Waals surface area contributed by atoms with E-state index in [4.69, 9.17) is 4.84 Å². The molecule has 31 heavy (non-hydrogen) atoms. The average molecular weight is 411 g/mol. The maximum Gasteiger partial charge on any atom is 0.332 e. The lowest BCUT2D eigenvalue weighted by atomic mass is 10.0. The third kappa shape index (κ3) is 3.32. The Morgan fingerprint density at radius 2 is 1.61 bits per heavy atom. The van der Waals surface area contributed by atoms with Crippen LogP contribution in [0.4, 0.5) is 0 Å². The van der Waals surface area contributed by atoms with Crippen molar-refractivity contribution in [3.8, 4) is 11.1 Å². The molecule has 4 heteroatoms. The van der Waals surface area contributed by atoms with Crippen molar-refractivity contribution in [3.05, 3.63) is 71.8 Å². The summed E-state index contributed by atoms with van der Waals surface area (Å²) in [6.07, 6.45) is 4.89. The number of unbranched alkanes of at least 4 members (excludes halogenated alkanes) is 3. The number of benzene rings is 3. The minimum absolute atomic E-state index is 0.412. The van der Waals surface area contributed by atoms with E-state index in [9.17, 15) is 4.79 Å². The van der Waals surface area contributed by atoms with E-state index in [2.05, 4.69) is 59.1 Å². The second-order valence-corrected chi connectivity index (χ2v) is 8.21. The van der Waals surface area contributed by atoms with Crippen LogP contribution in [-0.4, -0.2) is 16.2 Å². The van der Waals surface area contributed by atoms with Crippen LogP contribution >= 0.6 is 0 Å². The standard InChI is InChI=1S/C27H26N2O2/c1-3-4-5-10-15-29-25-14-9-8-12-20(25)23-16-22-19-11-6-7-13-21(19)27(28-31-18(2)30)24(22)17-26(23)29/h6-9,11-14,16-17H,3-5,10,15H2,1-2H3/b28-27+. The number of carbonyl (C=O) groups is 1. The van der Waals surface area contributed by atoms with Gasteiger partial charge in [-0.3, -0.25) is 0 Å². The smallest absolute Gasteiger partial charge is 0.332 e. The minimum atomic E-state index is -0.412. The molecule has 1 aliphatic carbocycles. The van der Waals surface area contributed by atoms with Crippen LogP contribution < -0.4 is 0 Å². The highest BCUT2D eigenvalue weighted by molar-refractivity contribution is 6.27. The van der Waals surface area contributed by atoms with Crippen LogP contribution in [0.3, 0.4) is 0 Å². The minimum Gasteiger partial charge on any atom is -0.340 e. The summed E-state index contributed by atoms with van der Waals surface area (Å²) in [4.78, 5) is 16.5. The molecule has 0 saturated carbocycles. The summed E-state index contributed by atoms with van der Waals surface area (Å²) < 4.78 is 2.44. The van der Waals surface area contributed by atoms with Crippen molar-refractivity contribution in [1.29, 1.82) is 0 Å². The highest BCUT2D eigenvalue weighted by Crippen LogP contribution is 2.42. The number of oxime groups is 1. The Morgan fingerprint density at radius 1 is 0.839 bits per heavy atom. The van der Waals surface area contributed by atoms with Gasteiger partial charge in [-0.25, -0.2) is 4.79 Å². The Morgan fingerprint density at radius 3 is 2.42 bits per heavy atom. The first-order valence-electron chi connectivity index (χ1n) is 11.1. The Kier molecular flexibility index (Phi) is 5.06. The second kappa shape index (κ2) is 8.03. The zero-order valence-corrected chi connectivity index (χ0v) is 18.0. The largest absolute Gasteiger partial charge is 0.340 e. The summed E-state index contributed by atoms with van der Waals surface area (Å²) in [5.74, 6) is -0.412. The van der Waals surface area contributed by atoms with Crippen molar-refractivity contribution in [3.63, 3.8) is 0 Å². The predicted octanol–water partition coefficient (Wildman–Crippen LogP) is 6.67. The molecule has 0 aliphatic heterocycles. The van der Waals surface area contributed by atoms with Crippen LogP contribution in [0.15, 0.2) is 65.8 Å². The first-order valence-corrected chi connectivity index (χ1v) is 11.1. The molecule has 4 nitrogen and oxygen atoms in total. The molecule has 156 valence electrons. The van der Waals surface area contributed by atoms with Crippen LogP contribution in [0, 0.1) is 0 Å². The van der Waals surface area contributed by atoms with Crippen molar-refractivity contribution >= 4 is 33.5 Å². The summed E-state index contributed by atoms with van der Waals surface area (Å²) in [6.45, 7) is 4.61. The number of nitrogens with zero attached hydrogens (tertiary/aromatic N) is 2. The fraction of sp³-hybridized carbons (Fsp3) is 0.259. The SMILES string of the molecule is CCCCCCn1c2ccccc2c2cc3c(cc21)/C(=N/OC(C)=O)c1ccccc1-3. The van der Waals surface area contributed by atoms with Gasteiger partial charge in [0, 0.05) is 46.4 Å². The monoisotopic (exact) mass is 410 g/mol. The summed E-state index contributed by atoms with van der Waals surface area (Å²) in [6, 6.07) is 21.3. The molecule has 1 aromatic heterocycles. The van der Waals surface area contributed by atoms with E-state index in [1.54, 1.807) is 0 Å². The molecule has 0 bridgehead atoms. The number of aryl methyl sites for hydroxylation is 1. The first-order chi connectivity index (χ1) is 15.2. The summed E-state index contributed by atoms with van der Waals surface area (Å²) in [5, 5.41) is 6.77. The number of rotatable bonds is 6. The molecule has 1 heterocycles. The Hall–Kier alpha value is -3.40. The summed E-state index contributed by atoms with van der Waals surface area (Å²) >= 11 is 0. The van der Waals surface area contributed by atoms with Crippen LogP contribution in [-0.2, 0) is 16.2 Å². The normalized spacial score (nSPS) is 13.7. The Labute approximate surface area is 182 Å². The van der Waals surface area contributed by atoms with Crippen molar-refractivity contribution in [2.24, 2.45) is 5.16 Å². The van der Waals surface area contributed by atoms with Crippen molar-refractivity contribution < 1.29 is 9.63 Å². The highest BCUT2D eigenvalue weighted by atomic mass is 16.7. The Balaban J connectivity index is 1.73. The predicted molar refractivity (Wildman–Crippen MR) is 126 cm³/mol. The van der Waals surface area contributed by atoms with E-state index in [1.807, 2.05) is 18.2 Å². The lowest BCUT2D eigenvalue weighted by Crippen LogP contribution is -2.03. The molecule has 0 radical (unpaired) electrons. The van der Waals surface area contributed by atoms with E-state index >= 15 is 0 Å². The van der Waals surface area contributed by atoms with Crippen molar-refractivity contribution in [1.82, 2.24) is 4.57 Å². The van der Waals surface area contributed by atoms with Crippen molar-refractivity contribution in [2.75, 3.05) is 0 Å². The first kappa shape index (κ1) is 19.6. The molecule has 1 aliphatic rings. The van der Waals surface area contributed by atoms with Gasteiger partial charge in [0.05, 0.1) is 0 Å². The lowest BCUT2D eigenvalue weighted by molar-refractivity contribution is -0.140. The number of carbonyl (C=O) groups excluding carboxylic acids is 1. The third-order valence-electron chi connectivity index (χ3n) is 6.14. The molecule has 0 amide bonds. The number of hydrogen-bond donors (Lipinski definition) is 0. The fourth-order valence-corrected chi connectivity index (χ4v) is 4.73. The molecule has 5 rings (SSSR count). The van der Waals surface area contributed by atoms with Crippen LogP contribution in [0.1, 0.15) is 50.7 Å². The van der Waals surface area contributed by atoms with Gasteiger partial charge in [-0.15, -0.1) is 0 Å². The topological polar surface area (TPSA) is 43.6 Å². The molecule has 0 N–H and O–H groups in total. The number of hydrogen-bond acceptors (Lipinski definition) is 3. The number of fused-ring (bicyclic) bond motifs is 6. The maximum absolute atomic E-state index is 11.4. The van der Waals surface area contributed by atoms with Gasteiger partial charge >= 0.3 is 5.97 Å². The maximum atomic E-state index is 11.4. The van der Waals surface area contributed by atoms with Crippen LogP contribution in [0.5, 0.6) is 0 Å². The second-order valence-electron chi connectivity index (χ2n) is 8.21. The van der Waals surface area contributed by atoms with E-state index < -0.39 is 5.97 Å². The quantitative estimate of drug-likeness (QED) is 0.178. The van der Waals surface area contributed by atoms with Gasteiger partial charge in [0.15, 0.2) is 0 Å². The van der Waals surface area contributed by atoms with Gasteiger partial charge < -0.3 is 9.40 Å². The van der Waals surface area contributed by atoms with Gasteiger partial charge in [-0.2, -0.15) is 0 Å². The molecule has 0 saturated heterocycles. The van der Waals surface area contributed by atoms with Crippen LogP contribution in [0.2, 0.25) is 0 Å². The average Bonchev–Trinajstić information content (AvgIpc) is 3.26. The fourth-order valence-electron chi connectivity index (χ4n) is 4.73. The highest BCUT2D eigenvalue weighted by Gasteiger charge is 2.27. The molecule has 0 fully saturated rings. The van der Waals surface area contributed by atoms with Crippen LogP contribution in [0.25, 0.3) is 32.9 Å². The molecule has 0 spiro atoms. The number of para-hydroxylation sites is 1. The van der Waals surface area contributed by atoms with Gasteiger partial charge in [-0.1, -0.05) is 73.8 Å². The number of aromatic nitrogens is 1. The zero-order valence-electron chi connectivity index (χ0n) is 18.0. The Bertz CT molecular complexity index is 1330. The van der Waals surface area contributed by atoms with E-state index in [0.29, 0.717) is 0 Å². The summed E-state index contributed by atoms with van der Waals surface area (Å²) in [7, 11) is 0. The van der Waals surface area contributed by atoms with Crippen molar-refractivity contribution in [2.45, 2.75) is 46.1 Å². The third-order valence-corrected chi connectivity index (χ3v) is 6.14. The van der Waals surface area contributed by atoms with Gasteiger partial charge in [0.1, 0.15) is 5.71 Å². The molecule has 0 unspecified atom stereocenters. The van der Waals surface area contributed by atoms with E-state index in [1.165, 1.54) is 48.0 Å². The van der Waals surface area contributed by atoms with E-state index in [0.717, 1.165) is 40.9 Å². The molecular weight excluding hydrogens is 384 g/mol. The van der Waals surface area contributed by atoms with Gasteiger partial charge in [0.2, 0.25) is 0 Å². The molecule has 3 aromatic carbocycles. The van der Waals surface area contributed by atoms with E-state index in [-0.39, 0.29) is 0 Å². The zero-order chi connectivity index (χ0) is 21.4. The molecule has 0 atom stereocenters. The van der Waals surface area contributed by atoms with Gasteiger partial charge in [0.25, 0.3) is 0 Å². The molecule has 4 aromatic rings. The lowest BCUT2D eigenvalue weighted by Gasteiger charge is -2.09.